The summed E-state index contributed by atoms with van der Waals surface area (Å²) in [5, 5.41) is 13.5. The second kappa shape index (κ2) is 10.6. The van der Waals surface area contributed by atoms with Crippen molar-refractivity contribution in [2.45, 2.75) is 31.3 Å². The normalized spacial score (nSPS) is 14.4. The molecule has 41 heavy (non-hydrogen) atoms. The summed E-state index contributed by atoms with van der Waals surface area (Å²) in [6, 6.07) is 25.4. The fraction of sp³-hybridized carbons (Fsp3) is 0.156. The molecule has 0 saturated heterocycles. The van der Waals surface area contributed by atoms with Gasteiger partial charge in [0.25, 0.3) is 0 Å². The number of halogens is 2. The Morgan fingerprint density at radius 1 is 0.976 bits per heavy atom. The van der Waals surface area contributed by atoms with Gasteiger partial charge in [-0.05, 0) is 60.2 Å². The van der Waals surface area contributed by atoms with Gasteiger partial charge in [0, 0.05) is 16.0 Å². The Kier molecular flexibility index (Phi) is 6.97. The molecule has 2 N–H and O–H groups in total. The van der Waals surface area contributed by atoms with Gasteiger partial charge in [-0.25, -0.2) is 9.78 Å². The first-order valence-electron chi connectivity index (χ1n) is 13.0. The summed E-state index contributed by atoms with van der Waals surface area (Å²) in [6.45, 7) is 1.74. The summed E-state index contributed by atoms with van der Waals surface area (Å²) in [6.07, 6.45) is 0.0538. The molecule has 0 unspecified atom stereocenters. The number of fused-ring (bicyclic) bond motifs is 1. The molecular weight excluding hydrogens is 563 g/mol. The number of thiophene rings is 1. The zero-order chi connectivity index (χ0) is 28.7. The van der Waals surface area contributed by atoms with Crippen molar-refractivity contribution >= 4 is 50.9 Å². The molecule has 0 spiro atoms. The standard InChI is InChI=1S/C32H24ClFN2O4S/c1-18(23-4-2-3-5-25(23)33)40-31(39)36-27-24-14-15-26(34)35-29(24)41-28(27)21-8-6-19(7-9-21)20-10-12-22(13-11-20)32(16-17-32)30(37)38/h2-15,18H,16-17H2,1H3,(H,36,39)(H,37,38)/t18-/m1/s1. The molecule has 1 amide bonds. The number of aromatic nitrogens is 1. The van der Waals surface area contributed by atoms with Crippen LogP contribution in [-0.4, -0.2) is 22.2 Å². The van der Waals surface area contributed by atoms with E-state index in [0.717, 1.165) is 22.3 Å². The van der Waals surface area contributed by atoms with Crippen molar-refractivity contribution in [3.8, 4) is 21.6 Å². The van der Waals surface area contributed by atoms with E-state index < -0.39 is 29.5 Å². The van der Waals surface area contributed by atoms with Crippen molar-refractivity contribution < 1.29 is 23.8 Å². The van der Waals surface area contributed by atoms with Gasteiger partial charge in [-0.15, -0.1) is 11.3 Å². The summed E-state index contributed by atoms with van der Waals surface area (Å²) in [4.78, 5) is 29.8. The minimum absolute atomic E-state index is 0.446. The van der Waals surface area contributed by atoms with Gasteiger partial charge >= 0.3 is 12.1 Å². The third kappa shape index (κ3) is 5.16. The minimum Gasteiger partial charge on any atom is -0.481 e. The highest BCUT2D eigenvalue weighted by Gasteiger charge is 2.51. The number of aliphatic carboxylic acids is 1. The van der Waals surface area contributed by atoms with Crippen molar-refractivity contribution in [1.29, 1.82) is 0 Å². The van der Waals surface area contributed by atoms with E-state index in [9.17, 15) is 19.1 Å². The van der Waals surface area contributed by atoms with Crippen LogP contribution in [0.25, 0.3) is 31.8 Å². The Balaban J connectivity index is 1.27. The van der Waals surface area contributed by atoms with Gasteiger partial charge in [0.2, 0.25) is 5.95 Å². The number of ether oxygens (including phenoxy) is 1. The minimum atomic E-state index is -0.779. The first-order valence-corrected chi connectivity index (χ1v) is 14.2. The van der Waals surface area contributed by atoms with E-state index in [1.54, 1.807) is 31.2 Å². The first kappa shape index (κ1) is 26.9. The lowest BCUT2D eigenvalue weighted by molar-refractivity contribution is -0.140. The third-order valence-electron chi connectivity index (χ3n) is 7.45. The van der Waals surface area contributed by atoms with E-state index in [2.05, 4.69) is 10.3 Å². The topological polar surface area (TPSA) is 88.5 Å². The van der Waals surface area contributed by atoms with Crippen LogP contribution >= 0.6 is 22.9 Å². The van der Waals surface area contributed by atoms with Crippen LogP contribution in [-0.2, 0) is 14.9 Å². The molecule has 1 atom stereocenters. The van der Waals surface area contributed by atoms with Gasteiger partial charge < -0.3 is 9.84 Å². The Morgan fingerprint density at radius 2 is 1.61 bits per heavy atom. The van der Waals surface area contributed by atoms with Crippen LogP contribution in [0.5, 0.6) is 0 Å². The van der Waals surface area contributed by atoms with E-state index in [1.807, 2.05) is 54.6 Å². The summed E-state index contributed by atoms with van der Waals surface area (Å²) in [5.41, 5.74) is 3.96. The molecule has 2 heterocycles. The Labute approximate surface area is 244 Å². The summed E-state index contributed by atoms with van der Waals surface area (Å²) in [7, 11) is 0. The highest BCUT2D eigenvalue weighted by Crippen LogP contribution is 2.49. The molecule has 1 aliphatic rings. The number of carbonyl (C=O) groups excluding carboxylic acids is 1. The molecule has 206 valence electrons. The predicted octanol–water partition coefficient (Wildman–Crippen LogP) is 8.85. The fourth-order valence-electron chi connectivity index (χ4n) is 4.99. The van der Waals surface area contributed by atoms with Crippen LogP contribution in [0, 0.1) is 5.95 Å². The third-order valence-corrected chi connectivity index (χ3v) is 8.95. The van der Waals surface area contributed by atoms with Crippen molar-refractivity contribution in [1.82, 2.24) is 4.98 Å². The number of nitrogens with one attached hydrogen (secondary N) is 1. The number of amides is 1. The van der Waals surface area contributed by atoms with Gasteiger partial charge in [0.05, 0.1) is 16.0 Å². The van der Waals surface area contributed by atoms with E-state index >= 15 is 0 Å². The SMILES string of the molecule is C[C@@H](OC(=O)Nc1c(-c2ccc(-c3ccc(C4(C(=O)O)CC4)cc3)cc2)sc2nc(F)ccc12)c1ccccc1Cl. The van der Waals surface area contributed by atoms with Crippen LogP contribution in [0.4, 0.5) is 14.9 Å². The monoisotopic (exact) mass is 586 g/mol. The molecule has 6 rings (SSSR count). The average molecular weight is 587 g/mol. The van der Waals surface area contributed by atoms with Gasteiger partial charge in [0.15, 0.2) is 0 Å². The second-order valence-corrected chi connectivity index (χ2v) is 11.4. The van der Waals surface area contributed by atoms with Gasteiger partial charge in [0.1, 0.15) is 10.9 Å². The smallest absolute Gasteiger partial charge is 0.412 e. The van der Waals surface area contributed by atoms with Crippen LogP contribution in [0.3, 0.4) is 0 Å². The summed E-state index contributed by atoms with van der Waals surface area (Å²) < 4.78 is 19.6. The molecule has 6 nitrogen and oxygen atoms in total. The number of benzene rings is 3. The van der Waals surface area contributed by atoms with Crippen LogP contribution < -0.4 is 5.32 Å². The molecule has 1 aliphatic carbocycles. The Morgan fingerprint density at radius 3 is 2.24 bits per heavy atom. The molecule has 5 aromatic rings. The van der Waals surface area contributed by atoms with Gasteiger partial charge in [-0.1, -0.05) is 78.3 Å². The number of rotatable bonds is 7. The predicted molar refractivity (Wildman–Crippen MR) is 159 cm³/mol. The maximum atomic E-state index is 14.0. The second-order valence-electron chi connectivity index (χ2n) is 10.0. The van der Waals surface area contributed by atoms with E-state index in [1.165, 1.54) is 17.4 Å². The number of nitrogens with zero attached hydrogens (tertiary/aromatic N) is 1. The lowest BCUT2D eigenvalue weighted by Gasteiger charge is -2.16. The van der Waals surface area contributed by atoms with Crippen molar-refractivity contribution in [2.24, 2.45) is 0 Å². The molecule has 0 radical (unpaired) electrons. The zero-order valence-corrected chi connectivity index (χ0v) is 23.4. The summed E-state index contributed by atoms with van der Waals surface area (Å²) >= 11 is 7.53. The molecule has 1 fully saturated rings. The number of carbonyl (C=O) groups is 2. The molecule has 1 saturated carbocycles. The van der Waals surface area contributed by atoms with Crippen molar-refractivity contribution in [3.05, 3.63) is 107 Å². The molecule has 0 bridgehead atoms. The number of carboxylic acid groups (broad SMARTS) is 1. The quantitative estimate of drug-likeness (QED) is 0.186. The molecule has 0 aliphatic heterocycles. The van der Waals surface area contributed by atoms with Crippen LogP contribution in [0.1, 0.15) is 37.0 Å². The number of anilines is 1. The Hall–Kier alpha value is -4.27. The van der Waals surface area contributed by atoms with Crippen LogP contribution in [0.2, 0.25) is 5.02 Å². The number of hydrogen-bond acceptors (Lipinski definition) is 5. The fourth-order valence-corrected chi connectivity index (χ4v) is 6.40. The highest BCUT2D eigenvalue weighted by atomic mass is 35.5. The maximum absolute atomic E-state index is 14.0. The van der Waals surface area contributed by atoms with E-state index in [0.29, 0.717) is 44.2 Å². The number of carboxylic acids is 1. The molecule has 3 aromatic carbocycles. The van der Waals surface area contributed by atoms with Crippen molar-refractivity contribution in [3.63, 3.8) is 0 Å². The highest BCUT2D eigenvalue weighted by molar-refractivity contribution is 7.22. The number of hydrogen-bond donors (Lipinski definition) is 2. The molecular formula is C32H24ClFN2O4S. The summed E-state index contributed by atoms with van der Waals surface area (Å²) in [5.74, 6) is -1.39. The lowest BCUT2D eigenvalue weighted by Crippen LogP contribution is -2.19. The van der Waals surface area contributed by atoms with Crippen LogP contribution in [0.15, 0.2) is 84.9 Å². The maximum Gasteiger partial charge on any atom is 0.412 e. The zero-order valence-electron chi connectivity index (χ0n) is 21.9. The van der Waals surface area contributed by atoms with Crippen molar-refractivity contribution in [2.75, 3.05) is 5.32 Å². The van der Waals surface area contributed by atoms with E-state index in [4.69, 9.17) is 16.3 Å². The Bertz CT molecular complexity index is 1780. The molecule has 9 heteroatoms. The lowest BCUT2D eigenvalue weighted by atomic mass is 9.93. The number of pyridine rings is 1. The van der Waals surface area contributed by atoms with Gasteiger partial charge in [-0.2, -0.15) is 4.39 Å². The average Bonchev–Trinajstić information content (AvgIpc) is 3.71. The first-order chi connectivity index (χ1) is 19.7. The largest absolute Gasteiger partial charge is 0.481 e. The van der Waals surface area contributed by atoms with E-state index in [-0.39, 0.29) is 0 Å². The van der Waals surface area contributed by atoms with Gasteiger partial charge in [-0.3, -0.25) is 10.1 Å². The molecule has 2 aromatic heterocycles.